The lowest BCUT2D eigenvalue weighted by Gasteiger charge is -2.19. The summed E-state index contributed by atoms with van der Waals surface area (Å²) in [5.41, 5.74) is 1.03. The number of rotatable bonds is 2. The van der Waals surface area contributed by atoms with Crippen LogP contribution in [0.4, 0.5) is 5.69 Å². The van der Waals surface area contributed by atoms with E-state index in [-0.39, 0.29) is 11.8 Å². The summed E-state index contributed by atoms with van der Waals surface area (Å²) in [4.78, 5) is 25.2. The summed E-state index contributed by atoms with van der Waals surface area (Å²) in [6.07, 6.45) is 5.70. The predicted molar refractivity (Wildman–Crippen MR) is 74.8 cm³/mol. The van der Waals surface area contributed by atoms with Gasteiger partial charge in [-0.05, 0) is 28.1 Å². The van der Waals surface area contributed by atoms with E-state index in [2.05, 4.69) is 21.9 Å². The molecule has 0 N–H and O–H groups in total. The number of carbonyl (C=O) groups is 2. The third-order valence-corrected chi connectivity index (χ3v) is 3.87. The highest BCUT2D eigenvalue weighted by atomic mass is 79.9. The van der Waals surface area contributed by atoms with Crippen LogP contribution < -0.4 is 4.90 Å². The first-order valence-corrected chi connectivity index (χ1v) is 6.51. The van der Waals surface area contributed by atoms with Crippen LogP contribution in [0.25, 0.3) is 0 Å². The van der Waals surface area contributed by atoms with Crippen LogP contribution >= 0.6 is 15.9 Å². The average Bonchev–Trinajstić information content (AvgIpc) is 2.79. The summed E-state index contributed by atoms with van der Waals surface area (Å²) in [5, 5.41) is 0. The molecule has 0 spiro atoms. The van der Waals surface area contributed by atoms with Crippen LogP contribution in [0.5, 0.6) is 0 Å². The van der Waals surface area contributed by atoms with Crippen molar-refractivity contribution in [3.8, 4) is 12.3 Å². The Morgan fingerprint density at radius 1 is 1.58 bits per heavy atom. The Labute approximate surface area is 119 Å². The van der Waals surface area contributed by atoms with Crippen molar-refractivity contribution >= 4 is 33.5 Å². The van der Waals surface area contributed by atoms with Crippen molar-refractivity contribution in [2.24, 2.45) is 5.92 Å². The van der Waals surface area contributed by atoms with Gasteiger partial charge in [0, 0.05) is 18.9 Å². The third-order valence-electron chi connectivity index (χ3n) is 3.04. The lowest BCUT2D eigenvalue weighted by atomic mass is 10.1. The summed E-state index contributed by atoms with van der Waals surface area (Å²) in [6.45, 7) is 0.471. The first kappa shape index (κ1) is 13.6. The molecule has 2 rings (SSSR count). The van der Waals surface area contributed by atoms with Crippen LogP contribution in [0.2, 0.25) is 0 Å². The molecule has 1 aliphatic heterocycles. The van der Waals surface area contributed by atoms with Gasteiger partial charge < -0.3 is 9.64 Å². The maximum atomic E-state index is 11.9. The van der Waals surface area contributed by atoms with Gasteiger partial charge >= 0.3 is 5.97 Å². The predicted octanol–water partition coefficient (Wildman–Crippen LogP) is 2.22. The van der Waals surface area contributed by atoms with E-state index >= 15 is 0 Å². The monoisotopic (exact) mass is 321 g/mol. The number of amides is 1. The van der Waals surface area contributed by atoms with Crippen molar-refractivity contribution in [1.29, 1.82) is 0 Å². The van der Waals surface area contributed by atoms with Gasteiger partial charge in [0.2, 0.25) is 5.91 Å². The Bertz CT molecular complexity index is 577. The van der Waals surface area contributed by atoms with Gasteiger partial charge in [0.1, 0.15) is 0 Å². The van der Waals surface area contributed by atoms with Crippen LogP contribution in [0.3, 0.4) is 0 Å². The molecule has 0 bridgehead atoms. The number of methoxy groups -OCH3 is 1. The average molecular weight is 322 g/mol. The van der Waals surface area contributed by atoms with E-state index in [4.69, 9.17) is 11.2 Å². The van der Waals surface area contributed by atoms with Crippen molar-refractivity contribution < 1.29 is 14.3 Å². The Morgan fingerprint density at radius 3 is 2.89 bits per heavy atom. The third kappa shape index (κ3) is 2.49. The van der Waals surface area contributed by atoms with Gasteiger partial charge in [0.05, 0.1) is 22.8 Å². The lowest BCUT2D eigenvalue weighted by molar-refractivity contribution is -0.117. The zero-order valence-electron chi connectivity index (χ0n) is 10.4. The fraction of sp³-hybridized carbons (Fsp3) is 0.286. The maximum Gasteiger partial charge on any atom is 0.339 e. The highest BCUT2D eigenvalue weighted by Gasteiger charge is 2.31. The van der Waals surface area contributed by atoms with Crippen LogP contribution in [-0.4, -0.2) is 25.5 Å². The Kier molecular flexibility index (Phi) is 3.91. The molecule has 1 saturated heterocycles. The molecule has 1 aromatic carbocycles. The summed E-state index contributed by atoms with van der Waals surface area (Å²) in [5.74, 6) is 2.02. The molecule has 0 saturated carbocycles. The standard InChI is InChI=1S/C14H12BrNO3/c1-3-9-7-12(17)16(8-9)11-6-4-5-10(13(11)15)14(18)19-2/h1,4-6,9H,7-8H2,2H3. The largest absolute Gasteiger partial charge is 0.465 e. The highest BCUT2D eigenvalue weighted by Crippen LogP contribution is 2.33. The van der Waals surface area contributed by atoms with Gasteiger partial charge in [-0.2, -0.15) is 0 Å². The van der Waals surface area contributed by atoms with Crippen molar-refractivity contribution in [2.45, 2.75) is 6.42 Å². The zero-order chi connectivity index (χ0) is 14.0. The van der Waals surface area contributed by atoms with E-state index in [9.17, 15) is 9.59 Å². The Balaban J connectivity index is 2.39. The second-order valence-corrected chi connectivity index (χ2v) is 5.00. The SMILES string of the molecule is C#CC1CC(=O)N(c2cccc(C(=O)OC)c2Br)C1. The molecule has 1 aromatic rings. The molecule has 1 heterocycles. The van der Waals surface area contributed by atoms with Gasteiger partial charge in [-0.15, -0.1) is 12.3 Å². The van der Waals surface area contributed by atoms with E-state index < -0.39 is 5.97 Å². The molecule has 5 heteroatoms. The number of terminal acetylenes is 1. The van der Waals surface area contributed by atoms with Crippen molar-refractivity contribution in [1.82, 2.24) is 0 Å². The minimum atomic E-state index is -0.450. The fourth-order valence-electron chi connectivity index (χ4n) is 2.05. The van der Waals surface area contributed by atoms with Crippen LogP contribution in [0.15, 0.2) is 22.7 Å². The molecule has 1 amide bonds. The molecule has 0 radical (unpaired) electrons. The van der Waals surface area contributed by atoms with Gasteiger partial charge in [-0.3, -0.25) is 4.79 Å². The Morgan fingerprint density at radius 2 is 2.32 bits per heavy atom. The number of anilines is 1. The second kappa shape index (κ2) is 5.45. The molecular weight excluding hydrogens is 310 g/mol. The molecule has 1 fully saturated rings. The zero-order valence-corrected chi connectivity index (χ0v) is 11.9. The number of hydrogen-bond donors (Lipinski definition) is 0. The first-order chi connectivity index (χ1) is 9.08. The number of ether oxygens (including phenoxy) is 1. The molecule has 1 aliphatic rings. The molecule has 1 atom stereocenters. The van der Waals surface area contributed by atoms with Crippen LogP contribution in [0, 0.1) is 18.3 Å². The summed E-state index contributed by atoms with van der Waals surface area (Å²) in [7, 11) is 1.32. The van der Waals surface area contributed by atoms with Crippen molar-refractivity contribution in [3.05, 3.63) is 28.2 Å². The van der Waals surface area contributed by atoms with Crippen LogP contribution in [-0.2, 0) is 9.53 Å². The minimum absolute atomic E-state index is 0.0364. The number of esters is 1. The highest BCUT2D eigenvalue weighted by molar-refractivity contribution is 9.10. The quantitative estimate of drug-likeness (QED) is 0.620. The van der Waals surface area contributed by atoms with Crippen molar-refractivity contribution in [3.63, 3.8) is 0 Å². The minimum Gasteiger partial charge on any atom is -0.465 e. The summed E-state index contributed by atoms with van der Waals surface area (Å²) < 4.78 is 5.25. The number of nitrogens with zero attached hydrogens (tertiary/aromatic N) is 1. The summed E-state index contributed by atoms with van der Waals surface area (Å²) in [6, 6.07) is 5.12. The number of hydrogen-bond acceptors (Lipinski definition) is 3. The molecule has 98 valence electrons. The smallest absolute Gasteiger partial charge is 0.339 e. The Hall–Kier alpha value is -1.80. The molecule has 4 nitrogen and oxygen atoms in total. The fourth-order valence-corrected chi connectivity index (χ4v) is 2.69. The first-order valence-electron chi connectivity index (χ1n) is 5.71. The molecule has 1 unspecified atom stereocenters. The number of carbonyl (C=O) groups excluding carboxylic acids is 2. The number of halogens is 1. The normalized spacial score (nSPS) is 18.3. The van der Waals surface area contributed by atoms with Crippen molar-refractivity contribution in [2.75, 3.05) is 18.6 Å². The molecule has 19 heavy (non-hydrogen) atoms. The van der Waals surface area contributed by atoms with Gasteiger partial charge in [0.25, 0.3) is 0 Å². The van der Waals surface area contributed by atoms with E-state index in [1.165, 1.54) is 7.11 Å². The molecule has 0 aromatic heterocycles. The topological polar surface area (TPSA) is 46.6 Å². The lowest BCUT2D eigenvalue weighted by Crippen LogP contribution is -2.25. The van der Waals surface area contributed by atoms with Gasteiger partial charge in [-0.25, -0.2) is 4.79 Å². The van der Waals surface area contributed by atoms with Gasteiger partial charge in [0.15, 0.2) is 0 Å². The molecular formula is C14H12BrNO3. The number of benzene rings is 1. The van der Waals surface area contributed by atoms with E-state index in [1.807, 2.05) is 0 Å². The summed E-state index contributed by atoms with van der Waals surface area (Å²) >= 11 is 3.36. The van der Waals surface area contributed by atoms with E-state index in [0.29, 0.717) is 28.7 Å². The van der Waals surface area contributed by atoms with Crippen LogP contribution in [0.1, 0.15) is 16.8 Å². The second-order valence-electron chi connectivity index (χ2n) is 4.20. The maximum absolute atomic E-state index is 11.9. The van der Waals surface area contributed by atoms with E-state index in [0.717, 1.165) is 0 Å². The van der Waals surface area contributed by atoms with E-state index in [1.54, 1.807) is 23.1 Å². The van der Waals surface area contributed by atoms with Gasteiger partial charge in [-0.1, -0.05) is 6.07 Å². The molecule has 0 aliphatic carbocycles.